The number of benzene rings is 2. The normalized spacial score (nSPS) is 16.9. The highest BCUT2D eigenvalue weighted by atomic mass is 32.2. The number of nitrogens with zero attached hydrogens (tertiary/aromatic N) is 1. The third-order valence-corrected chi connectivity index (χ3v) is 6.89. The summed E-state index contributed by atoms with van der Waals surface area (Å²) in [5.41, 5.74) is 1.61. The molecule has 180 valence electrons. The van der Waals surface area contributed by atoms with Crippen LogP contribution in [0.5, 0.6) is 11.5 Å². The maximum atomic E-state index is 13.1. The van der Waals surface area contributed by atoms with Gasteiger partial charge in [-0.15, -0.1) is 0 Å². The standard InChI is InChI=1S/C26H32F3NO2S/c1-4-6-18(5-2)25-23-17-22(32-21-11-8-20(9-12-21)26(27,28)29)10-7-19(23)13-15-30(25)24(31)14-16-33-3/h7-12,17-18,25H,4-6,13-16H2,1-3H3/t18-,25?/m0/s1. The molecule has 7 heteroatoms. The SMILES string of the molecule is CCC[C@H](CC)C1c2cc(Oc3ccc(C(F)(F)F)cc3)ccc2CCN1C(=O)CCSC. The number of carbonyl (C=O) groups is 1. The molecule has 33 heavy (non-hydrogen) atoms. The Labute approximate surface area is 198 Å². The summed E-state index contributed by atoms with van der Waals surface area (Å²) in [6.07, 6.45) is 1.98. The zero-order valence-electron chi connectivity index (χ0n) is 19.5. The summed E-state index contributed by atoms with van der Waals surface area (Å²) in [5.74, 6) is 2.25. The second-order valence-corrected chi connectivity index (χ2v) is 9.45. The minimum absolute atomic E-state index is 0.00999. The number of alkyl halides is 3. The van der Waals surface area contributed by atoms with Gasteiger partial charge in [0.2, 0.25) is 5.91 Å². The molecule has 0 saturated heterocycles. The fraction of sp³-hybridized carbons (Fsp3) is 0.500. The number of fused-ring (bicyclic) bond motifs is 1. The van der Waals surface area contributed by atoms with E-state index in [0.717, 1.165) is 49.1 Å². The molecule has 1 aliphatic rings. The van der Waals surface area contributed by atoms with Gasteiger partial charge in [0.05, 0.1) is 11.6 Å². The molecule has 3 nitrogen and oxygen atoms in total. The van der Waals surface area contributed by atoms with Gasteiger partial charge in [0.1, 0.15) is 11.5 Å². The van der Waals surface area contributed by atoms with Crippen molar-refractivity contribution in [3.63, 3.8) is 0 Å². The summed E-state index contributed by atoms with van der Waals surface area (Å²) in [7, 11) is 0. The first-order chi connectivity index (χ1) is 15.8. The second-order valence-electron chi connectivity index (χ2n) is 8.47. The van der Waals surface area contributed by atoms with Crippen LogP contribution in [0.15, 0.2) is 42.5 Å². The molecule has 0 saturated carbocycles. The van der Waals surface area contributed by atoms with Crippen molar-refractivity contribution in [2.45, 2.75) is 58.2 Å². The summed E-state index contributed by atoms with van der Waals surface area (Å²) in [4.78, 5) is 15.1. The van der Waals surface area contributed by atoms with Crippen molar-refractivity contribution < 1.29 is 22.7 Å². The Hall–Kier alpha value is -2.15. The highest BCUT2D eigenvalue weighted by molar-refractivity contribution is 7.98. The molecule has 1 unspecified atom stereocenters. The molecule has 1 heterocycles. The monoisotopic (exact) mass is 479 g/mol. The lowest BCUT2D eigenvalue weighted by Crippen LogP contribution is -2.43. The first kappa shape index (κ1) is 25.5. The maximum absolute atomic E-state index is 13.1. The van der Waals surface area contributed by atoms with Gasteiger partial charge >= 0.3 is 6.18 Å². The summed E-state index contributed by atoms with van der Waals surface area (Å²) >= 11 is 1.67. The number of hydrogen-bond acceptors (Lipinski definition) is 3. The van der Waals surface area contributed by atoms with Crippen LogP contribution in [-0.4, -0.2) is 29.4 Å². The van der Waals surface area contributed by atoms with Crippen molar-refractivity contribution in [1.29, 1.82) is 0 Å². The molecule has 1 amide bonds. The van der Waals surface area contributed by atoms with E-state index in [4.69, 9.17) is 4.74 Å². The smallest absolute Gasteiger partial charge is 0.416 e. The van der Waals surface area contributed by atoms with Crippen molar-refractivity contribution >= 4 is 17.7 Å². The van der Waals surface area contributed by atoms with E-state index in [2.05, 4.69) is 13.8 Å². The van der Waals surface area contributed by atoms with Crippen LogP contribution in [0.2, 0.25) is 0 Å². The Morgan fingerprint density at radius 2 is 1.85 bits per heavy atom. The van der Waals surface area contributed by atoms with Gasteiger partial charge in [-0.1, -0.05) is 32.8 Å². The largest absolute Gasteiger partial charge is 0.457 e. The molecular formula is C26H32F3NO2S. The lowest BCUT2D eigenvalue weighted by Gasteiger charge is -2.42. The quantitative estimate of drug-likeness (QED) is 0.373. The van der Waals surface area contributed by atoms with Crippen molar-refractivity contribution in [3.05, 3.63) is 59.2 Å². The van der Waals surface area contributed by atoms with Crippen LogP contribution in [0.3, 0.4) is 0 Å². The average molecular weight is 480 g/mol. The zero-order chi connectivity index (χ0) is 24.0. The maximum Gasteiger partial charge on any atom is 0.416 e. The Morgan fingerprint density at radius 3 is 2.45 bits per heavy atom. The first-order valence-electron chi connectivity index (χ1n) is 11.5. The highest BCUT2D eigenvalue weighted by Crippen LogP contribution is 2.41. The summed E-state index contributed by atoms with van der Waals surface area (Å²) in [6, 6.07) is 10.6. The predicted molar refractivity (Wildman–Crippen MR) is 128 cm³/mol. The number of ether oxygens (including phenoxy) is 1. The van der Waals surface area contributed by atoms with Crippen LogP contribution in [0.1, 0.15) is 62.3 Å². The number of halogens is 3. The van der Waals surface area contributed by atoms with E-state index in [0.29, 0.717) is 30.4 Å². The van der Waals surface area contributed by atoms with E-state index in [1.165, 1.54) is 17.7 Å². The number of hydrogen-bond donors (Lipinski definition) is 0. The number of carbonyl (C=O) groups excluding carboxylic acids is 1. The van der Waals surface area contributed by atoms with Crippen LogP contribution in [0, 0.1) is 5.92 Å². The summed E-state index contributed by atoms with van der Waals surface area (Å²) < 4.78 is 44.5. The minimum Gasteiger partial charge on any atom is -0.457 e. The topological polar surface area (TPSA) is 29.5 Å². The molecule has 0 aliphatic carbocycles. The van der Waals surface area contributed by atoms with Crippen LogP contribution in [0.25, 0.3) is 0 Å². The zero-order valence-corrected chi connectivity index (χ0v) is 20.3. The molecule has 2 aromatic carbocycles. The van der Waals surface area contributed by atoms with Gasteiger partial charge in [-0.2, -0.15) is 24.9 Å². The molecule has 2 atom stereocenters. The fourth-order valence-corrected chi connectivity index (χ4v) is 4.99. The summed E-state index contributed by atoms with van der Waals surface area (Å²) in [5, 5.41) is 0. The molecule has 0 fully saturated rings. The second kappa shape index (κ2) is 11.3. The Bertz CT molecular complexity index is 930. The predicted octanol–water partition coefficient (Wildman–Crippen LogP) is 7.50. The van der Waals surface area contributed by atoms with Crippen molar-refractivity contribution in [3.8, 4) is 11.5 Å². The number of thioether (sulfide) groups is 1. The molecular weight excluding hydrogens is 447 g/mol. The molecule has 0 aromatic heterocycles. The van der Waals surface area contributed by atoms with Crippen molar-refractivity contribution in [1.82, 2.24) is 4.90 Å². The van der Waals surface area contributed by atoms with E-state index < -0.39 is 11.7 Å². The molecule has 0 bridgehead atoms. The van der Waals surface area contributed by atoms with Gasteiger partial charge in [-0.3, -0.25) is 4.79 Å². The molecule has 0 radical (unpaired) electrons. The lowest BCUT2D eigenvalue weighted by molar-refractivity contribution is -0.137. The van der Waals surface area contributed by atoms with Gasteiger partial charge in [0, 0.05) is 18.7 Å². The third kappa shape index (κ3) is 6.25. The van der Waals surface area contributed by atoms with Crippen LogP contribution in [-0.2, 0) is 17.4 Å². The number of rotatable bonds is 9. The Morgan fingerprint density at radius 1 is 1.15 bits per heavy atom. The van der Waals surface area contributed by atoms with Gasteiger partial charge in [0.15, 0.2) is 0 Å². The first-order valence-corrected chi connectivity index (χ1v) is 12.9. The van der Waals surface area contributed by atoms with E-state index >= 15 is 0 Å². The fourth-order valence-electron chi connectivity index (χ4n) is 4.61. The molecule has 0 N–H and O–H groups in total. The average Bonchev–Trinajstić information content (AvgIpc) is 2.80. The Kier molecular flexibility index (Phi) is 8.74. The number of amides is 1. The van der Waals surface area contributed by atoms with Crippen molar-refractivity contribution in [2.24, 2.45) is 5.92 Å². The highest BCUT2D eigenvalue weighted by Gasteiger charge is 2.35. The van der Waals surface area contributed by atoms with Gasteiger partial charge < -0.3 is 9.64 Å². The van der Waals surface area contributed by atoms with Gasteiger partial charge in [-0.05, 0) is 72.5 Å². The molecule has 3 rings (SSSR count). The van der Waals surface area contributed by atoms with Crippen molar-refractivity contribution in [2.75, 3.05) is 18.6 Å². The third-order valence-electron chi connectivity index (χ3n) is 6.28. The van der Waals surface area contributed by atoms with Gasteiger partial charge in [0.25, 0.3) is 0 Å². The Balaban J connectivity index is 1.91. The van der Waals surface area contributed by atoms with E-state index in [1.54, 1.807) is 11.8 Å². The summed E-state index contributed by atoms with van der Waals surface area (Å²) in [6.45, 7) is 5.04. The van der Waals surface area contributed by atoms with Gasteiger partial charge in [-0.25, -0.2) is 0 Å². The van der Waals surface area contributed by atoms with Crippen LogP contribution >= 0.6 is 11.8 Å². The van der Waals surface area contributed by atoms with E-state index in [1.807, 2.05) is 29.4 Å². The van der Waals surface area contributed by atoms with Crippen LogP contribution < -0.4 is 4.74 Å². The molecule has 0 spiro atoms. The minimum atomic E-state index is -4.38. The van der Waals surface area contributed by atoms with E-state index in [-0.39, 0.29) is 11.9 Å². The lowest BCUT2D eigenvalue weighted by atomic mass is 9.81. The van der Waals surface area contributed by atoms with E-state index in [9.17, 15) is 18.0 Å². The molecule has 1 aliphatic heterocycles. The molecule has 2 aromatic rings. The van der Waals surface area contributed by atoms with Crippen LogP contribution in [0.4, 0.5) is 13.2 Å².